The number of ether oxygens (including phenoxy) is 3. The van der Waals surface area contributed by atoms with Crippen LogP contribution in [-0.2, 0) is 16.6 Å². The number of methoxy groups -OCH3 is 3. The number of hydrogen-bond donors (Lipinski definition) is 0. The summed E-state index contributed by atoms with van der Waals surface area (Å²) in [5.74, 6) is 1.57. The molecule has 0 bridgehead atoms. The Hall–Kier alpha value is -3.06. The van der Waals surface area contributed by atoms with Gasteiger partial charge in [-0.3, -0.25) is 14.5 Å². The summed E-state index contributed by atoms with van der Waals surface area (Å²) in [6.45, 7) is 5.42. The van der Waals surface area contributed by atoms with Gasteiger partial charge in [0.05, 0.1) is 26.7 Å². The fraction of sp³-hybridized carbons (Fsp3) is 0.440. The normalized spacial score (nSPS) is 15.0. The van der Waals surface area contributed by atoms with Gasteiger partial charge < -0.3 is 19.1 Å². The maximum absolute atomic E-state index is 13.1. The van der Waals surface area contributed by atoms with E-state index in [0.29, 0.717) is 35.9 Å². The highest BCUT2D eigenvalue weighted by molar-refractivity contribution is 6.13. The standard InChI is InChI=1S/C25H32N2O5/c1-25(2)20-9-8-18(30-4)16-19(20)23(28)27(24(25)29)14-13-26(3)12-11-17-7-10-21(31-5)22(15-17)32-6/h7-10,15-16H,11-14H2,1-6H3. The van der Waals surface area contributed by atoms with E-state index in [0.717, 1.165) is 24.1 Å². The number of hydrogen-bond acceptors (Lipinski definition) is 6. The third-order valence-corrected chi connectivity index (χ3v) is 6.09. The SMILES string of the molecule is COc1ccc2c(c1)C(=O)N(CCN(C)CCc1ccc(OC)c(OC)c1)C(=O)C2(C)C. The molecular weight excluding hydrogens is 408 g/mol. The van der Waals surface area contributed by atoms with E-state index >= 15 is 0 Å². The smallest absolute Gasteiger partial charge is 0.260 e. The van der Waals surface area contributed by atoms with Crippen LogP contribution in [0.3, 0.4) is 0 Å². The summed E-state index contributed by atoms with van der Waals surface area (Å²) >= 11 is 0. The van der Waals surface area contributed by atoms with Crippen molar-refractivity contribution in [3.8, 4) is 17.2 Å². The monoisotopic (exact) mass is 440 g/mol. The quantitative estimate of drug-likeness (QED) is 0.558. The fourth-order valence-corrected chi connectivity index (χ4v) is 4.00. The Morgan fingerprint density at radius 2 is 1.62 bits per heavy atom. The lowest BCUT2D eigenvalue weighted by molar-refractivity contribution is -0.134. The third-order valence-electron chi connectivity index (χ3n) is 6.09. The van der Waals surface area contributed by atoms with Crippen LogP contribution in [0.15, 0.2) is 36.4 Å². The molecule has 0 saturated carbocycles. The van der Waals surface area contributed by atoms with Crippen molar-refractivity contribution < 1.29 is 23.8 Å². The molecule has 2 amide bonds. The summed E-state index contributed by atoms with van der Waals surface area (Å²) in [6.07, 6.45) is 0.810. The lowest BCUT2D eigenvalue weighted by Crippen LogP contribution is -2.53. The highest BCUT2D eigenvalue weighted by Crippen LogP contribution is 2.36. The molecule has 0 atom stereocenters. The minimum absolute atomic E-state index is 0.173. The molecule has 0 spiro atoms. The van der Waals surface area contributed by atoms with Crippen LogP contribution < -0.4 is 14.2 Å². The second kappa shape index (κ2) is 9.61. The maximum atomic E-state index is 13.1. The number of amides is 2. The van der Waals surface area contributed by atoms with Crippen molar-refractivity contribution in [1.82, 2.24) is 9.80 Å². The van der Waals surface area contributed by atoms with Gasteiger partial charge in [0.1, 0.15) is 5.75 Å². The van der Waals surface area contributed by atoms with Gasteiger partial charge in [-0.15, -0.1) is 0 Å². The summed E-state index contributed by atoms with van der Waals surface area (Å²) in [4.78, 5) is 29.7. The zero-order chi connectivity index (χ0) is 23.5. The van der Waals surface area contributed by atoms with E-state index in [1.54, 1.807) is 33.5 Å². The summed E-state index contributed by atoms with van der Waals surface area (Å²) in [5.41, 5.74) is 1.63. The summed E-state index contributed by atoms with van der Waals surface area (Å²) in [6, 6.07) is 11.2. The van der Waals surface area contributed by atoms with E-state index in [4.69, 9.17) is 14.2 Å². The molecule has 0 saturated heterocycles. The molecule has 2 aromatic carbocycles. The van der Waals surface area contributed by atoms with Crippen LogP contribution in [-0.4, -0.2) is 69.6 Å². The van der Waals surface area contributed by atoms with Crippen molar-refractivity contribution in [3.63, 3.8) is 0 Å². The van der Waals surface area contributed by atoms with E-state index in [9.17, 15) is 9.59 Å². The molecule has 2 aromatic rings. The largest absolute Gasteiger partial charge is 0.497 e. The van der Waals surface area contributed by atoms with Crippen molar-refractivity contribution in [2.45, 2.75) is 25.7 Å². The summed E-state index contributed by atoms with van der Waals surface area (Å²) in [5, 5.41) is 0. The first kappa shape index (κ1) is 23.6. The molecule has 1 aliphatic rings. The first-order chi connectivity index (χ1) is 15.2. The van der Waals surface area contributed by atoms with Crippen LogP contribution in [0.4, 0.5) is 0 Å². The van der Waals surface area contributed by atoms with Crippen molar-refractivity contribution in [2.75, 3.05) is 48.0 Å². The molecule has 0 fully saturated rings. The summed E-state index contributed by atoms with van der Waals surface area (Å²) < 4.78 is 15.9. The first-order valence-corrected chi connectivity index (χ1v) is 10.7. The van der Waals surface area contributed by atoms with Crippen LogP contribution in [0, 0.1) is 0 Å². The van der Waals surface area contributed by atoms with Crippen molar-refractivity contribution >= 4 is 11.8 Å². The van der Waals surface area contributed by atoms with Gasteiger partial charge in [-0.25, -0.2) is 0 Å². The van der Waals surface area contributed by atoms with Crippen molar-refractivity contribution in [2.24, 2.45) is 0 Å². The van der Waals surface area contributed by atoms with Gasteiger partial charge in [-0.1, -0.05) is 12.1 Å². The Balaban J connectivity index is 1.65. The van der Waals surface area contributed by atoms with E-state index in [2.05, 4.69) is 4.90 Å². The first-order valence-electron chi connectivity index (χ1n) is 10.7. The lowest BCUT2D eigenvalue weighted by atomic mass is 9.77. The van der Waals surface area contributed by atoms with Crippen LogP contribution in [0.2, 0.25) is 0 Å². The van der Waals surface area contributed by atoms with Crippen LogP contribution in [0.5, 0.6) is 17.2 Å². The molecular formula is C25H32N2O5. The van der Waals surface area contributed by atoms with Crippen molar-refractivity contribution in [1.29, 1.82) is 0 Å². The highest BCUT2D eigenvalue weighted by Gasteiger charge is 2.44. The number of carbonyl (C=O) groups is 2. The second-order valence-electron chi connectivity index (χ2n) is 8.54. The van der Waals surface area contributed by atoms with E-state index in [1.165, 1.54) is 4.90 Å². The number of nitrogens with zero attached hydrogens (tertiary/aromatic N) is 2. The molecule has 172 valence electrons. The maximum Gasteiger partial charge on any atom is 0.260 e. The molecule has 0 unspecified atom stereocenters. The molecule has 3 rings (SSSR count). The van der Waals surface area contributed by atoms with Crippen LogP contribution in [0.25, 0.3) is 0 Å². The van der Waals surface area contributed by atoms with E-state index in [1.807, 2.05) is 45.2 Å². The molecule has 1 heterocycles. The van der Waals surface area contributed by atoms with E-state index < -0.39 is 5.41 Å². The van der Waals surface area contributed by atoms with Crippen LogP contribution >= 0.6 is 0 Å². The topological polar surface area (TPSA) is 68.3 Å². The zero-order valence-electron chi connectivity index (χ0n) is 19.7. The third kappa shape index (κ3) is 4.58. The Labute approximate surface area is 189 Å². The van der Waals surface area contributed by atoms with Gasteiger partial charge in [0, 0.05) is 25.2 Å². The number of carbonyl (C=O) groups excluding carboxylic acids is 2. The lowest BCUT2D eigenvalue weighted by Gasteiger charge is -2.38. The van der Waals surface area contributed by atoms with Crippen molar-refractivity contribution in [3.05, 3.63) is 53.1 Å². The number of benzene rings is 2. The molecule has 7 nitrogen and oxygen atoms in total. The Morgan fingerprint density at radius 3 is 2.28 bits per heavy atom. The molecule has 7 heteroatoms. The van der Waals surface area contributed by atoms with Gasteiger partial charge in [0.15, 0.2) is 11.5 Å². The molecule has 0 aliphatic carbocycles. The van der Waals surface area contributed by atoms with Gasteiger partial charge in [-0.05, 0) is 62.7 Å². The van der Waals surface area contributed by atoms with Crippen LogP contribution in [0.1, 0.15) is 35.3 Å². The predicted molar refractivity (Wildman–Crippen MR) is 123 cm³/mol. The zero-order valence-corrected chi connectivity index (χ0v) is 19.7. The second-order valence-corrected chi connectivity index (χ2v) is 8.54. The van der Waals surface area contributed by atoms with Gasteiger partial charge in [0.25, 0.3) is 5.91 Å². The minimum Gasteiger partial charge on any atom is -0.497 e. The number of fused-ring (bicyclic) bond motifs is 1. The van der Waals surface area contributed by atoms with Gasteiger partial charge in [-0.2, -0.15) is 0 Å². The molecule has 0 radical (unpaired) electrons. The molecule has 1 aliphatic heterocycles. The summed E-state index contributed by atoms with van der Waals surface area (Å²) in [7, 11) is 6.79. The Bertz CT molecular complexity index is 1000. The minimum atomic E-state index is -0.770. The Morgan fingerprint density at radius 1 is 0.906 bits per heavy atom. The predicted octanol–water partition coefficient (Wildman–Crippen LogP) is 3.15. The fourth-order valence-electron chi connectivity index (χ4n) is 4.00. The molecule has 0 aromatic heterocycles. The highest BCUT2D eigenvalue weighted by atomic mass is 16.5. The molecule has 0 N–H and O–H groups in total. The molecule has 32 heavy (non-hydrogen) atoms. The Kier molecular flexibility index (Phi) is 7.09. The number of rotatable bonds is 9. The average Bonchev–Trinajstić information content (AvgIpc) is 2.80. The van der Waals surface area contributed by atoms with Gasteiger partial charge >= 0.3 is 0 Å². The number of imide groups is 1. The van der Waals surface area contributed by atoms with E-state index in [-0.39, 0.29) is 11.8 Å². The van der Waals surface area contributed by atoms with Gasteiger partial charge in [0.2, 0.25) is 5.91 Å². The average molecular weight is 441 g/mol. The number of likely N-dealkylation sites (N-methyl/N-ethyl adjacent to an activating group) is 1.